The van der Waals surface area contributed by atoms with Crippen molar-refractivity contribution in [3.8, 4) is 0 Å². The van der Waals surface area contributed by atoms with Crippen LogP contribution in [0.25, 0.3) is 43.1 Å². The topological polar surface area (TPSA) is 0 Å². The molecular formula is C38H28Cl2SiZr. The van der Waals surface area contributed by atoms with Gasteiger partial charge in [0.2, 0.25) is 0 Å². The minimum atomic E-state index is 0. The SMILES string of the molecule is [Cl-].[Cl-].[Zr+4].c1ccc([Si]c2ccccc2)cc1.c1ccc2c(c1)[cH-]c1ccccc12.c1ccc2c(c1)[cH-]c1ccccc12. The number of fused-ring (bicyclic) bond motifs is 6. The van der Waals surface area contributed by atoms with E-state index in [9.17, 15) is 0 Å². The predicted molar refractivity (Wildman–Crippen MR) is 172 cm³/mol. The van der Waals surface area contributed by atoms with Gasteiger partial charge >= 0.3 is 26.2 Å². The van der Waals surface area contributed by atoms with E-state index in [2.05, 4.69) is 170 Å². The summed E-state index contributed by atoms with van der Waals surface area (Å²) in [6.45, 7) is 0. The standard InChI is InChI=1S/2C13H9.C12H10Si.2ClH.Zr/c2*1-3-7-12-10(5-1)9-11-6-2-4-8-13(11)12;1-3-7-11(8-4-1)13-12-9-5-2-6-10-12;;;/h2*1-9H;1-10H;2*1H;/q2*-1;;;;+4/p-2. The molecule has 0 fully saturated rings. The molecule has 8 aromatic rings. The molecule has 0 aliphatic heterocycles. The average Bonchev–Trinajstić information content (AvgIpc) is 3.58. The number of rotatable bonds is 2. The minimum absolute atomic E-state index is 0. The zero-order valence-electron chi connectivity index (χ0n) is 22.9. The summed E-state index contributed by atoms with van der Waals surface area (Å²) in [6, 6.07) is 59.7. The Morgan fingerprint density at radius 1 is 0.310 bits per heavy atom. The molecule has 202 valence electrons. The van der Waals surface area contributed by atoms with Gasteiger partial charge in [-0.25, -0.2) is 0 Å². The summed E-state index contributed by atoms with van der Waals surface area (Å²) < 4.78 is 0. The molecule has 0 bridgehead atoms. The summed E-state index contributed by atoms with van der Waals surface area (Å²) in [5.74, 6) is 0. The molecule has 0 heterocycles. The van der Waals surface area contributed by atoms with E-state index < -0.39 is 0 Å². The Balaban J connectivity index is 0.000000167. The van der Waals surface area contributed by atoms with Crippen molar-refractivity contribution in [2.24, 2.45) is 0 Å². The van der Waals surface area contributed by atoms with Crippen LogP contribution < -0.4 is 35.2 Å². The van der Waals surface area contributed by atoms with Crippen LogP contribution in [-0.2, 0) is 26.2 Å². The van der Waals surface area contributed by atoms with Crippen molar-refractivity contribution in [3.05, 3.63) is 170 Å². The van der Waals surface area contributed by atoms with Gasteiger partial charge in [0, 0.05) is 0 Å². The Morgan fingerprint density at radius 3 is 0.833 bits per heavy atom. The van der Waals surface area contributed by atoms with Crippen LogP contribution in [0, 0.1) is 0 Å². The predicted octanol–water partition coefficient (Wildman–Crippen LogP) is 2.77. The molecule has 42 heavy (non-hydrogen) atoms. The molecule has 0 nitrogen and oxygen atoms in total. The van der Waals surface area contributed by atoms with E-state index in [1.54, 1.807) is 0 Å². The van der Waals surface area contributed by atoms with Gasteiger partial charge in [-0.15, -0.1) is 79.5 Å². The normalized spacial score (nSPS) is 9.90. The van der Waals surface area contributed by atoms with Crippen LogP contribution in [-0.4, -0.2) is 9.52 Å². The average molecular weight is 675 g/mol. The van der Waals surface area contributed by atoms with Gasteiger partial charge < -0.3 is 24.8 Å². The minimum Gasteiger partial charge on any atom is -1.00 e. The molecule has 0 saturated heterocycles. The Bertz CT molecular complexity index is 1700. The molecule has 2 radical (unpaired) electrons. The van der Waals surface area contributed by atoms with Gasteiger partial charge in [-0.2, -0.15) is 0 Å². The summed E-state index contributed by atoms with van der Waals surface area (Å²) in [7, 11) is 0.777. The second kappa shape index (κ2) is 16.4. The van der Waals surface area contributed by atoms with Crippen molar-refractivity contribution in [3.63, 3.8) is 0 Å². The largest absolute Gasteiger partial charge is 4.00 e. The van der Waals surface area contributed by atoms with E-state index in [-0.39, 0.29) is 51.0 Å². The van der Waals surface area contributed by atoms with Gasteiger partial charge in [-0.3, -0.25) is 0 Å². The maximum Gasteiger partial charge on any atom is 4.00 e. The van der Waals surface area contributed by atoms with Crippen molar-refractivity contribution in [2.75, 3.05) is 0 Å². The van der Waals surface area contributed by atoms with E-state index in [0.717, 1.165) is 9.52 Å². The summed E-state index contributed by atoms with van der Waals surface area (Å²) in [6.07, 6.45) is 0. The summed E-state index contributed by atoms with van der Waals surface area (Å²) in [4.78, 5) is 0. The molecule has 0 aliphatic carbocycles. The van der Waals surface area contributed by atoms with Crippen LogP contribution >= 0.6 is 0 Å². The van der Waals surface area contributed by atoms with E-state index in [1.807, 2.05) is 0 Å². The van der Waals surface area contributed by atoms with Crippen molar-refractivity contribution >= 4 is 63.0 Å². The molecule has 0 atom stereocenters. The summed E-state index contributed by atoms with van der Waals surface area (Å²) >= 11 is 0. The molecule has 0 aromatic heterocycles. The smallest absolute Gasteiger partial charge is 1.00 e. The van der Waals surface area contributed by atoms with Gasteiger partial charge in [0.25, 0.3) is 0 Å². The number of halogens is 2. The third-order valence-electron chi connectivity index (χ3n) is 6.88. The molecule has 0 unspecified atom stereocenters. The van der Waals surface area contributed by atoms with Crippen LogP contribution in [0.4, 0.5) is 0 Å². The van der Waals surface area contributed by atoms with Crippen LogP contribution in [0.15, 0.2) is 170 Å². The Labute approximate surface area is 281 Å². The number of benzene rings is 6. The van der Waals surface area contributed by atoms with Gasteiger partial charge in [0.15, 0.2) is 0 Å². The van der Waals surface area contributed by atoms with Crippen molar-refractivity contribution < 1.29 is 51.0 Å². The quantitative estimate of drug-likeness (QED) is 0.196. The fourth-order valence-corrected chi connectivity index (χ4v) is 6.07. The second-order valence-corrected chi connectivity index (χ2v) is 10.9. The van der Waals surface area contributed by atoms with E-state index in [0.29, 0.717) is 0 Å². The number of hydrogen-bond donors (Lipinski definition) is 0. The Kier molecular flexibility index (Phi) is 13.0. The van der Waals surface area contributed by atoms with Crippen LogP contribution in [0.1, 0.15) is 0 Å². The summed E-state index contributed by atoms with van der Waals surface area (Å²) in [5.41, 5.74) is 0. The zero-order chi connectivity index (χ0) is 26.3. The second-order valence-electron chi connectivity index (χ2n) is 9.49. The molecule has 0 amide bonds. The zero-order valence-corrected chi connectivity index (χ0v) is 27.9. The molecule has 0 saturated carbocycles. The molecule has 0 spiro atoms. The van der Waals surface area contributed by atoms with Crippen molar-refractivity contribution in [1.82, 2.24) is 0 Å². The van der Waals surface area contributed by atoms with E-state index in [4.69, 9.17) is 0 Å². The molecular weight excluding hydrogens is 647 g/mol. The first-order chi connectivity index (χ1) is 19.3. The fraction of sp³-hybridized carbons (Fsp3) is 0. The monoisotopic (exact) mass is 672 g/mol. The van der Waals surface area contributed by atoms with Gasteiger partial charge in [0.05, 0.1) is 0 Å². The molecule has 8 aromatic carbocycles. The van der Waals surface area contributed by atoms with Crippen LogP contribution in [0.5, 0.6) is 0 Å². The van der Waals surface area contributed by atoms with Crippen LogP contribution in [0.2, 0.25) is 0 Å². The van der Waals surface area contributed by atoms with Crippen molar-refractivity contribution in [1.29, 1.82) is 0 Å². The third-order valence-corrected chi connectivity index (χ3v) is 8.13. The van der Waals surface area contributed by atoms with E-state index in [1.165, 1.54) is 53.5 Å². The molecule has 0 N–H and O–H groups in total. The van der Waals surface area contributed by atoms with E-state index >= 15 is 0 Å². The molecule has 4 heteroatoms. The first kappa shape index (κ1) is 33.2. The first-order valence-electron chi connectivity index (χ1n) is 13.3. The Hall–Kier alpha value is -3.26. The Morgan fingerprint density at radius 2 is 0.548 bits per heavy atom. The maximum atomic E-state index is 2.24. The van der Waals surface area contributed by atoms with Gasteiger partial charge in [0.1, 0.15) is 9.52 Å². The molecule has 0 aliphatic rings. The summed E-state index contributed by atoms with van der Waals surface area (Å²) in [5, 5.41) is 13.6. The molecule has 8 rings (SSSR count). The van der Waals surface area contributed by atoms with Gasteiger partial charge in [-0.1, -0.05) is 144 Å². The fourth-order valence-electron chi connectivity index (χ4n) is 5.02. The first-order valence-corrected chi connectivity index (χ1v) is 14.3. The van der Waals surface area contributed by atoms with Gasteiger partial charge in [-0.05, 0) is 0 Å². The van der Waals surface area contributed by atoms with Crippen LogP contribution in [0.3, 0.4) is 0 Å². The number of hydrogen-bond acceptors (Lipinski definition) is 0. The maximum absolute atomic E-state index is 2.24. The third kappa shape index (κ3) is 7.97. The van der Waals surface area contributed by atoms with Crippen molar-refractivity contribution in [2.45, 2.75) is 0 Å².